The third kappa shape index (κ3) is 2.92. The van der Waals surface area contributed by atoms with Crippen molar-refractivity contribution in [3.05, 3.63) is 23.3 Å². The Bertz CT molecular complexity index is 631. The molecule has 5 heteroatoms. The number of nitrogens with zero attached hydrogens (tertiary/aromatic N) is 2. The molecule has 2 rings (SSSR count). The summed E-state index contributed by atoms with van der Waals surface area (Å²) in [4.78, 5) is 5.25. The van der Waals surface area contributed by atoms with Crippen LogP contribution < -0.4 is 5.73 Å². The molecule has 1 unspecified atom stereocenters. The van der Waals surface area contributed by atoms with E-state index in [-0.39, 0.29) is 5.92 Å². The highest BCUT2D eigenvalue weighted by Crippen LogP contribution is 2.26. The monoisotopic (exact) mass is 293 g/mol. The Labute approximate surface area is 123 Å². The molecule has 0 bridgehead atoms. The molecule has 0 amide bonds. The highest BCUT2D eigenvalue weighted by atomic mass is 32.2. The van der Waals surface area contributed by atoms with Crippen molar-refractivity contribution in [2.45, 2.75) is 25.9 Å². The van der Waals surface area contributed by atoms with Crippen molar-refractivity contribution in [1.82, 2.24) is 9.55 Å². The maximum absolute atomic E-state index is 5.64. The van der Waals surface area contributed by atoms with Gasteiger partial charge in [0, 0.05) is 18.7 Å². The SMILES string of the molecule is Cc1cc2nc(SCC(C)C(N)=S)n(C)c2cc1C. The first kappa shape index (κ1) is 14.3. The van der Waals surface area contributed by atoms with E-state index in [1.165, 1.54) is 16.6 Å². The van der Waals surface area contributed by atoms with Gasteiger partial charge in [-0.15, -0.1) is 0 Å². The number of aryl methyl sites for hydroxylation is 3. The van der Waals surface area contributed by atoms with E-state index in [4.69, 9.17) is 18.0 Å². The maximum atomic E-state index is 5.64. The number of thiocarbonyl (C=S) groups is 1. The van der Waals surface area contributed by atoms with Crippen molar-refractivity contribution in [1.29, 1.82) is 0 Å². The van der Waals surface area contributed by atoms with Gasteiger partial charge >= 0.3 is 0 Å². The number of thioether (sulfide) groups is 1. The zero-order valence-corrected chi connectivity index (χ0v) is 13.4. The van der Waals surface area contributed by atoms with Gasteiger partial charge in [0.15, 0.2) is 5.16 Å². The number of rotatable bonds is 4. The summed E-state index contributed by atoms with van der Waals surface area (Å²) < 4.78 is 2.14. The summed E-state index contributed by atoms with van der Waals surface area (Å²) in [6, 6.07) is 4.34. The molecule has 2 N–H and O–H groups in total. The first-order chi connectivity index (χ1) is 8.90. The summed E-state index contributed by atoms with van der Waals surface area (Å²) in [5, 5.41) is 1.02. The Morgan fingerprint density at radius 2 is 2.05 bits per heavy atom. The van der Waals surface area contributed by atoms with E-state index >= 15 is 0 Å². The van der Waals surface area contributed by atoms with Crippen molar-refractivity contribution in [2.24, 2.45) is 18.7 Å². The lowest BCUT2D eigenvalue weighted by molar-refractivity contribution is 0.808. The van der Waals surface area contributed by atoms with Crippen LogP contribution >= 0.6 is 24.0 Å². The van der Waals surface area contributed by atoms with E-state index in [1.54, 1.807) is 11.8 Å². The number of aromatic nitrogens is 2. The van der Waals surface area contributed by atoms with Crippen LogP contribution in [0.25, 0.3) is 11.0 Å². The minimum Gasteiger partial charge on any atom is -0.393 e. The molecule has 1 heterocycles. The number of fused-ring (bicyclic) bond motifs is 1. The van der Waals surface area contributed by atoms with Gasteiger partial charge in [-0.05, 0) is 37.1 Å². The van der Waals surface area contributed by atoms with Crippen LogP contribution in [0.15, 0.2) is 17.3 Å². The van der Waals surface area contributed by atoms with Crippen LogP contribution in [0.4, 0.5) is 0 Å². The van der Waals surface area contributed by atoms with Gasteiger partial charge in [-0.25, -0.2) is 4.98 Å². The number of imidazole rings is 1. The Hall–Kier alpha value is -1.07. The molecule has 0 aliphatic heterocycles. The van der Waals surface area contributed by atoms with Gasteiger partial charge in [0.2, 0.25) is 0 Å². The second-order valence-electron chi connectivity index (χ2n) is 4.99. The van der Waals surface area contributed by atoms with Crippen molar-refractivity contribution in [2.75, 3.05) is 5.75 Å². The van der Waals surface area contributed by atoms with Crippen LogP contribution in [0.3, 0.4) is 0 Å². The largest absolute Gasteiger partial charge is 0.393 e. The smallest absolute Gasteiger partial charge is 0.168 e. The molecule has 2 aromatic rings. The van der Waals surface area contributed by atoms with Crippen LogP contribution in [0.1, 0.15) is 18.1 Å². The van der Waals surface area contributed by atoms with Crippen molar-refractivity contribution < 1.29 is 0 Å². The fraction of sp³-hybridized carbons (Fsp3) is 0.429. The first-order valence-corrected chi connectivity index (χ1v) is 7.65. The maximum Gasteiger partial charge on any atom is 0.168 e. The molecule has 3 nitrogen and oxygen atoms in total. The summed E-state index contributed by atoms with van der Waals surface area (Å²) in [6.07, 6.45) is 0. The molecule has 19 heavy (non-hydrogen) atoms. The molecule has 1 aromatic heterocycles. The fourth-order valence-corrected chi connectivity index (χ4v) is 3.06. The summed E-state index contributed by atoms with van der Waals surface area (Å²) >= 11 is 6.71. The van der Waals surface area contributed by atoms with Gasteiger partial charge in [-0.1, -0.05) is 30.9 Å². The summed E-state index contributed by atoms with van der Waals surface area (Å²) in [5.41, 5.74) is 10.4. The van der Waals surface area contributed by atoms with E-state index in [2.05, 4.69) is 42.6 Å². The molecule has 1 atom stereocenters. The van der Waals surface area contributed by atoms with Crippen LogP contribution in [0.5, 0.6) is 0 Å². The Kier molecular flexibility index (Phi) is 4.16. The molecule has 0 fully saturated rings. The molecule has 0 saturated carbocycles. The normalized spacial score (nSPS) is 12.8. The quantitative estimate of drug-likeness (QED) is 0.694. The topological polar surface area (TPSA) is 43.8 Å². The lowest BCUT2D eigenvalue weighted by Gasteiger charge is -2.08. The fourth-order valence-electron chi connectivity index (χ4n) is 1.84. The first-order valence-electron chi connectivity index (χ1n) is 6.26. The molecule has 102 valence electrons. The second kappa shape index (κ2) is 5.51. The number of nitrogens with two attached hydrogens (primary N) is 1. The Morgan fingerprint density at radius 1 is 1.42 bits per heavy atom. The minimum atomic E-state index is 0.225. The highest BCUT2D eigenvalue weighted by molar-refractivity contribution is 7.99. The molecular weight excluding hydrogens is 274 g/mol. The van der Waals surface area contributed by atoms with Crippen LogP contribution in [-0.2, 0) is 7.05 Å². The van der Waals surface area contributed by atoms with Gasteiger partial charge in [0.05, 0.1) is 16.0 Å². The van der Waals surface area contributed by atoms with E-state index in [0.29, 0.717) is 4.99 Å². The van der Waals surface area contributed by atoms with Crippen LogP contribution in [0.2, 0.25) is 0 Å². The Morgan fingerprint density at radius 3 is 2.68 bits per heavy atom. The predicted octanol–water partition coefficient (Wildman–Crippen LogP) is 3.20. The average Bonchev–Trinajstić information content (AvgIpc) is 2.64. The summed E-state index contributed by atoms with van der Waals surface area (Å²) in [7, 11) is 2.05. The third-order valence-corrected chi connectivity index (χ3v) is 5.10. The van der Waals surface area contributed by atoms with Crippen molar-refractivity contribution in [3.8, 4) is 0 Å². The molecule has 1 aromatic carbocycles. The van der Waals surface area contributed by atoms with Crippen LogP contribution in [0, 0.1) is 19.8 Å². The van der Waals surface area contributed by atoms with Gasteiger partial charge in [-0.3, -0.25) is 0 Å². The molecule has 0 aliphatic carbocycles. The van der Waals surface area contributed by atoms with E-state index in [9.17, 15) is 0 Å². The van der Waals surface area contributed by atoms with Gasteiger partial charge < -0.3 is 10.3 Å². The number of hydrogen-bond acceptors (Lipinski definition) is 3. The van der Waals surface area contributed by atoms with Gasteiger partial charge in [0.25, 0.3) is 0 Å². The van der Waals surface area contributed by atoms with Crippen molar-refractivity contribution >= 4 is 40.0 Å². The summed E-state index contributed by atoms with van der Waals surface area (Å²) in [6.45, 7) is 6.29. The molecule has 0 spiro atoms. The minimum absolute atomic E-state index is 0.225. The van der Waals surface area contributed by atoms with E-state index in [1.807, 2.05) is 6.92 Å². The highest BCUT2D eigenvalue weighted by Gasteiger charge is 2.12. The summed E-state index contributed by atoms with van der Waals surface area (Å²) in [5.74, 6) is 1.09. The van der Waals surface area contributed by atoms with Crippen LogP contribution in [-0.4, -0.2) is 20.3 Å². The molecular formula is C14H19N3S2. The zero-order chi connectivity index (χ0) is 14.2. The van der Waals surface area contributed by atoms with Gasteiger partial charge in [-0.2, -0.15) is 0 Å². The van der Waals surface area contributed by atoms with Gasteiger partial charge in [0.1, 0.15) is 0 Å². The average molecular weight is 293 g/mol. The third-order valence-electron chi connectivity index (χ3n) is 3.40. The molecule has 0 radical (unpaired) electrons. The number of hydrogen-bond donors (Lipinski definition) is 1. The molecule has 0 saturated heterocycles. The van der Waals surface area contributed by atoms with E-state index in [0.717, 1.165) is 16.4 Å². The zero-order valence-electron chi connectivity index (χ0n) is 11.7. The second-order valence-corrected chi connectivity index (χ2v) is 6.45. The number of benzene rings is 1. The molecule has 0 aliphatic rings. The lowest BCUT2D eigenvalue weighted by atomic mass is 10.1. The van der Waals surface area contributed by atoms with E-state index < -0.39 is 0 Å². The Balaban J connectivity index is 2.30. The standard InChI is InChI=1S/C14H19N3S2/c1-8-5-11-12(6-9(8)2)17(4)14(16-11)19-7-10(3)13(15)18/h5-6,10H,7H2,1-4H3,(H2,15,18). The van der Waals surface area contributed by atoms with Crippen molar-refractivity contribution in [3.63, 3.8) is 0 Å². The lowest BCUT2D eigenvalue weighted by Crippen LogP contribution is -2.20. The predicted molar refractivity (Wildman–Crippen MR) is 86.9 cm³/mol.